The highest BCUT2D eigenvalue weighted by molar-refractivity contribution is 6.40. The SMILES string of the molecule is CC(C)n1c2ccccc2c2cc(C(=O)C(=O)O)ccc21. The lowest BCUT2D eigenvalue weighted by atomic mass is 10.1. The van der Waals surface area contributed by atoms with Gasteiger partial charge in [0.15, 0.2) is 0 Å². The third kappa shape index (κ3) is 2.00. The van der Waals surface area contributed by atoms with Gasteiger partial charge in [0.05, 0.1) is 0 Å². The van der Waals surface area contributed by atoms with Crippen molar-refractivity contribution in [3.63, 3.8) is 0 Å². The van der Waals surface area contributed by atoms with Gasteiger partial charge in [-0.3, -0.25) is 4.79 Å². The number of carboxylic acids is 1. The molecular formula is C17H15NO3. The summed E-state index contributed by atoms with van der Waals surface area (Å²) in [7, 11) is 0. The molecule has 0 bridgehead atoms. The Hall–Kier alpha value is -2.62. The Balaban J connectivity index is 2.39. The number of hydrogen-bond donors (Lipinski definition) is 1. The van der Waals surface area contributed by atoms with Gasteiger partial charge in [-0.2, -0.15) is 0 Å². The summed E-state index contributed by atoms with van der Waals surface area (Å²) in [6.07, 6.45) is 0. The Morgan fingerprint density at radius 2 is 1.67 bits per heavy atom. The first kappa shape index (κ1) is 13.4. The van der Waals surface area contributed by atoms with Crippen LogP contribution in [0.25, 0.3) is 21.8 Å². The molecule has 0 spiro atoms. The molecule has 21 heavy (non-hydrogen) atoms. The van der Waals surface area contributed by atoms with E-state index in [-0.39, 0.29) is 11.6 Å². The first-order valence-corrected chi connectivity index (χ1v) is 6.81. The maximum absolute atomic E-state index is 11.7. The van der Waals surface area contributed by atoms with Crippen LogP contribution in [0.2, 0.25) is 0 Å². The number of carboxylic acid groups (broad SMARTS) is 1. The zero-order valence-electron chi connectivity index (χ0n) is 11.8. The van der Waals surface area contributed by atoms with E-state index in [4.69, 9.17) is 5.11 Å². The number of fused-ring (bicyclic) bond motifs is 3. The monoisotopic (exact) mass is 281 g/mol. The number of ketones is 1. The van der Waals surface area contributed by atoms with Crippen LogP contribution >= 0.6 is 0 Å². The van der Waals surface area contributed by atoms with E-state index in [1.165, 1.54) is 0 Å². The fraction of sp³-hybridized carbons (Fsp3) is 0.176. The average molecular weight is 281 g/mol. The Kier molecular flexibility index (Phi) is 3.01. The maximum atomic E-state index is 11.7. The molecule has 1 heterocycles. The summed E-state index contributed by atoms with van der Waals surface area (Å²) in [6.45, 7) is 4.20. The molecule has 1 N–H and O–H groups in total. The lowest BCUT2D eigenvalue weighted by Gasteiger charge is -2.11. The second-order valence-corrected chi connectivity index (χ2v) is 5.35. The molecular weight excluding hydrogens is 266 g/mol. The molecule has 4 heteroatoms. The third-order valence-corrected chi connectivity index (χ3v) is 3.68. The number of aliphatic carboxylic acids is 1. The maximum Gasteiger partial charge on any atom is 0.377 e. The average Bonchev–Trinajstić information content (AvgIpc) is 2.80. The number of carbonyl (C=O) groups excluding carboxylic acids is 1. The van der Waals surface area contributed by atoms with Crippen molar-refractivity contribution in [2.24, 2.45) is 0 Å². The minimum atomic E-state index is -1.43. The van der Waals surface area contributed by atoms with E-state index in [0.29, 0.717) is 0 Å². The number of Topliss-reactive ketones (excluding diaryl/α,β-unsaturated/α-hetero) is 1. The number of nitrogens with zero attached hydrogens (tertiary/aromatic N) is 1. The fourth-order valence-corrected chi connectivity index (χ4v) is 2.82. The van der Waals surface area contributed by atoms with Gasteiger partial charge in [0.2, 0.25) is 0 Å². The smallest absolute Gasteiger partial charge is 0.377 e. The quantitative estimate of drug-likeness (QED) is 0.589. The van der Waals surface area contributed by atoms with Gasteiger partial charge in [-0.1, -0.05) is 18.2 Å². The van der Waals surface area contributed by atoms with Crippen LogP contribution in [0.3, 0.4) is 0 Å². The Morgan fingerprint density at radius 1 is 1.00 bits per heavy atom. The van der Waals surface area contributed by atoms with Crippen molar-refractivity contribution >= 4 is 33.6 Å². The predicted molar refractivity (Wildman–Crippen MR) is 81.8 cm³/mol. The summed E-state index contributed by atoms with van der Waals surface area (Å²) < 4.78 is 2.19. The van der Waals surface area contributed by atoms with Crippen molar-refractivity contribution in [3.8, 4) is 0 Å². The van der Waals surface area contributed by atoms with E-state index < -0.39 is 11.8 Å². The van der Waals surface area contributed by atoms with Crippen molar-refractivity contribution < 1.29 is 14.7 Å². The molecule has 1 aromatic heterocycles. The first-order chi connectivity index (χ1) is 10.0. The zero-order valence-corrected chi connectivity index (χ0v) is 11.8. The van der Waals surface area contributed by atoms with Gasteiger partial charge in [0, 0.05) is 33.4 Å². The summed E-state index contributed by atoms with van der Waals surface area (Å²) in [5, 5.41) is 10.8. The second-order valence-electron chi connectivity index (χ2n) is 5.35. The van der Waals surface area contributed by atoms with Crippen LogP contribution in [-0.2, 0) is 4.79 Å². The van der Waals surface area contributed by atoms with Crippen molar-refractivity contribution in [1.82, 2.24) is 4.57 Å². The van der Waals surface area contributed by atoms with Gasteiger partial charge in [-0.25, -0.2) is 4.79 Å². The van der Waals surface area contributed by atoms with Crippen molar-refractivity contribution in [2.45, 2.75) is 19.9 Å². The van der Waals surface area contributed by atoms with E-state index in [1.54, 1.807) is 12.1 Å². The molecule has 0 aliphatic carbocycles. The number of hydrogen-bond acceptors (Lipinski definition) is 2. The standard InChI is InChI=1S/C17H15NO3/c1-10(2)18-14-6-4-3-5-12(14)13-9-11(7-8-15(13)18)16(19)17(20)21/h3-10H,1-2H3,(H,20,21). The Labute approximate surface area is 121 Å². The molecule has 0 amide bonds. The van der Waals surface area contributed by atoms with E-state index >= 15 is 0 Å². The van der Waals surface area contributed by atoms with Crippen LogP contribution in [0.1, 0.15) is 30.2 Å². The van der Waals surface area contributed by atoms with Gasteiger partial charge < -0.3 is 9.67 Å². The van der Waals surface area contributed by atoms with Crippen molar-refractivity contribution in [2.75, 3.05) is 0 Å². The van der Waals surface area contributed by atoms with Crippen LogP contribution in [-0.4, -0.2) is 21.4 Å². The van der Waals surface area contributed by atoms with Gasteiger partial charge in [0.25, 0.3) is 5.78 Å². The molecule has 106 valence electrons. The molecule has 0 saturated carbocycles. The highest BCUT2D eigenvalue weighted by Crippen LogP contribution is 2.32. The molecule has 0 aliphatic heterocycles. The molecule has 2 aromatic carbocycles. The van der Waals surface area contributed by atoms with Crippen LogP contribution in [0, 0.1) is 0 Å². The summed E-state index contributed by atoms with van der Waals surface area (Å²) in [5.74, 6) is -2.31. The molecule has 0 atom stereocenters. The minimum absolute atomic E-state index is 0.210. The lowest BCUT2D eigenvalue weighted by molar-refractivity contribution is -0.131. The van der Waals surface area contributed by atoms with E-state index in [0.717, 1.165) is 21.8 Å². The lowest BCUT2D eigenvalue weighted by Crippen LogP contribution is -2.12. The summed E-state index contributed by atoms with van der Waals surface area (Å²) >= 11 is 0. The van der Waals surface area contributed by atoms with Crippen LogP contribution in [0.15, 0.2) is 42.5 Å². The Bertz CT molecular complexity index is 874. The molecule has 3 aromatic rings. The summed E-state index contributed by atoms with van der Waals surface area (Å²) in [5.41, 5.74) is 2.30. The van der Waals surface area contributed by atoms with Crippen LogP contribution < -0.4 is 0 Å². The first-order valence-electron chi connectivity index (χ1n) is 6.81. The fourth-order valence-electron chi connectivity index (χ4n) is 2.82. The van der Waals surface area contributed by atoms with Crippen molar-refractivity contribution in [1.29, 1.82) is 0 Å². The number of para-hydroxylation sites is 1. The molecule has 0 unspecified atom stereocenters. The molecule has 4 nitrogen and oxygen atoms in total. The largest absolute Gasteiger partial charge is 0.475 e. The second kappa shape index (κ2) is 4.74. The minimum Gasteiger partial charge on any atom is -0.475 e. The highest BCUT2D eigenvalue weighted by Gasteiger charge is 2.18. The molecule has 0 radical (unpaired) electrons. The summed E-state index contributed by atoms with van der Waals surface area (Å²) in [6, 6.07) is 13.3. The van der Waals surface area contributed by atoms with E-state index in [9.17, 15) is 9.59 Å². The number of aromatic nitrogens is 1. The number of rotatable bonds is 3. The number of carbonyl (C=O) groups is 2. The summed E-state index contributed by atoms with van der Waals surface area (Å²) in [4.78, 5) is 22.5. The van der Waals surface area contributed by atoms with E-state index in [1.807, 2.05) is 30.3 Å². The van der Waals surface area contributed by atoms with Gasteiger partial charge >= 0.3 is 5.97 Å². The Morgan fingerprint density at radius 3 is 2.33 bits per heavy atom. The number of benzene rings is 2. The van der Waals surface area contributed by atoms with E-state index in [2.05, 4.69) is 18.4 Å². The van der Waals surface area contributed by atoms with Crippen molar-refractivity contribution in [3.05, 3.63) is 48.0 Å². The third-order valence-electron chi connectivity index (χ3n) is 3.68. The van der Waals surface area contributed by atoms with Crippen LogP contribution in [0.5, 0.6) is 0 Å². The molecule has 0 saturated heterocycles. The topological polar surface area (TPSA) is 59.3 Å². The normalized spacial score (nSPS) is 11.4. The molecule has 3 rings (SSSR count). The zero-order chi connectivity index (χ0) is 15.1. The van der Waals surface area contributed by atoms with Gasteiger partial charge in [-0.15, -0.1) is 0 Å². The predicted octanol–water partition coefficient (Wildman–Crippen LogP) is 3.64. The highest BCUT2D eigenvalue weighted by atomic mass is 16.4. The molecule has 0 aliphatic rings. The molecule has 0 fully saturated rings. The van der Waals surface area contributed by atoms with Gasteiger partial charge in [-0.05, 0) is 38.1 Å². The van der Waals surface area contributed by atoms with Crippen LogP contribution in [0.4, 0.5) is 0 Å². The van der Waals surface area contributed by atoms with Gasteiger partial charge in [0.1, 0.15) is 0 Å².